The van der Waals surface area contributed by atoms with Crippen LogP contribution in [0.25, 0.3) is 11.2 Å². The Morgan fingerprint density at radius 1 is 1.26 bits per heavy atom. The average molecular weight is 428 g/mol. The van der Waals surface area contributed by atoms with Crippen LogP contribution in [0.2, 0.25) is 0 Å². The molecule has 0 aromatic carbocycles. The maximum atomic E-state index is 11.5. The Kier molecular flexibility index (Phi) is 4.98. The number of phosphoric ester groups is 1. The van der Waals surface area contributed by atoms with Crippen molar-refractivity contribution < 1.29 is 49.0 Å². The average Bonchev–Trinajstić information content (AvgIpc) is 3.09. The number of phosphoric acid groups is 2. The molecule has 2 aromatic rings. The molecule has 0 aliphatic carbocycles. The van der Waals surface area contributed by atoms with Crippen LogP contribution < -0.4 is 5.73 Å². The lowest BCUT2D eigenvalue weighted by Gasteiger charge is -2.17. The highest BCUT2D eigenvalue weighted by molar-refractivity contribution is 7.60. The molecular weight excluding hydrogens is 412 g/mol. The molecule has 0 bridgehead atoms. The van der Waals surface area contributed by atoms with Crippen molar-refractivity contribution in [1.82, 2.24) is 19.5 Å². The Morgan fingerprint density at radius 2 is 1.96 bits per heavy atom. The van der Waals surface area contributed by atoms with Gasteiger partial charge in [0, 0.05) is 0 Å². The van der Waals surface area contributed by atoms with E-state index in [1.807, 2.05) is 0 Å². The van der Waals surface area contributed by atoms with Crippen molar-refractivity contribution >= 4 is 32.6 Å². The number of aliphatic hydroxyl groups excluding tert-OH is 2. The van der Waals surface area contributed by atoms with Crippen LogP contribution in [0.5, 0.6) is 0 Å². The molecule has 0 saturated carbocycles. The van der Waals surface area contributed by atoms with Gasteiger partial charge in [0.1, 0.15) is 30.2 Å². The molecule has 27 heavy (non-hydrogen) atoms. The lowest BCUT2D eigenvalue weighted by atomic mass is 10.1. The van der Waals surface area contributed by atoms with Gasteiger partial charge in [-0.15, -0.1) is 0 Å². The van der Waals surface area contributed by atoms with Gasteiger partial charge in [0.05, 0.1) is 14.3 Å². The van der Waals surface area contributed by atoms with E-state index >= 15 is 0 Å². The van der Waals surface area contributed by atoms with Gasteiger partial charge >= 0.3 is 15.6 Å². The summed E-state index contributed by atoms with van der Waals surface area (Å²) in [5.41, 5.74) is 5.76. The summed E-state index contributed by atoms with van der Waals surface area (Å²) in [5.74, 6) is -0.00364. The van der Waals surface area contributed by atoms with E-state index in [2.05, 4.69) is 23.8 Å². The molecule has 150 valence electrons. The number of hydrogen-bond acceptors (Lipinski definition) is 11. The molecule has 3 heterocycles. The van der Waals surface area contributed by atoms with E-state index in [1.165, 1.54) is 0 Å². The van der Waals surface area contributed by atoms with Crippen LogP contribution in [-0.4, -0.2) is 69.3 Å². The van der Waals surface area contributed by atoms with Crippen molar-refractivity contribution in [2.45, 2.75) is 24.5 Å². The molecule has 1 fully saturated rings. The zero-order chi connectivity index (χ0) is 20.9. The fourth-order valence-corrected chi connectivity index (χ4v) is 3.91. The monoisotopic (exact) mass is 428 g/mol. The zero-order valence-corrected chi connectivity index (χ0v) is 14.9. The van der Waals surface area contributed by atoms with Gasteiger partial charge in [-0.05, 0) is 0 Å². The summed E-state index contributed by atoms with van der Waals surface area (Å²) in [7, 11) is -10.6. The van der Waals surface area contributed by atoms with Gasteiger partial charge in [-0.25, -0.2) is 24.1 Å². The third kappa shape index (κ3) is 4.33. The van der Waals surface area contributed by atoms with Gasteiger partial charge in [-0.1, -0.05) is 0 Å². The van der Waals surface area contributed by atoms with Gasteiger partial charge in [-0.3, -0.25) is 9.09 Å². The molecule has 7 N–H and O–H groups in total. The fourth-order valence-electron chi connectivity index (χ4n) is 2.32. The molecule has 0 spiro atoms. The molecule has 17 heteroatoms. The first-order chi connectivity index (χ1) is 12.8. The predicted octanol–water partition coefficient (Wildman–Crippen LogP) is -1.75. The topological polar surface area (TPSA) is 233 Å². The lowest BCUT2D eigenvalue weighted by molar-refractivity contribution is -0.0503. The number of hydrogen-bond donors (Lipinski definition) is 6. The van der Waals surface area contributed by atoms with Crippen molar-refractivity contribution in [1.29, 1.82) is 0 Å². The highest BCUT2D eigenvalue weighted by Crippen LogP contribution is 2.57. The largest absolute Gasteiger partial charge is 0.481 e. The van der Waals surface area contributed by atoms with Crippen LogP contribution >= 0.6 is 15.6 Å². The van der Waals surface area contributed by atoms with Crippen molar-refractivity contribution in [2.75, 3.05) is 12.3 Å². The van der Waals surface area contributed by atoms with E-state index in [0.717, 1.165) is 17.2 Å². The number of anilines is 1. The van der Waals surface area contributed by atoms with Crippen molar-refractivity contribution in [3.8, 4) is 0 Å². The van der Waals surface area contributed by atoms with Gasteiger partial charge in [0.25, 0.3) is 0 Å². The van der Waals surface area contributed by atoms with Crippen molar-refractivity contribution in [3.05, 3.63) is 12.7 Å². The molecule has 1 saturated heterocycles. The first kappa shape index (κ1) is 18.8. The summed E-state index contributed by atoms with van der Waals surface area (Å²) in [6.07, 6.45) is -5.47. The summed E-state index contributed by atoms with van der Waals surface area (Å²) in [6, 6.07) is 0. The maximum absolute atomic E-state index is 11.5. The minimum absolute atomic E-state index is 0.00364. The van der Waals surface area contributed by atoms with Crippen molar-refractivity contribution in [3.63, 3.8) is 0 Å². The third-order valence-corrected chi connectivity index (χ3v) is 5.59. The SMILES string of the molecule is [2H][C@@]1(n2cnc3c(N)ncnc32)O[C@H](COP(=O)(O)OP(=O)(O)O)[C@@H](O)[C@H]1O. The van der Waals surface area contributed by atoms with Gasteiger partial charge in [-0.2, -0.15) is 4.31 Å². The van der Waals surface area contributed by atoms with E-state index in [-0.39, 0.29) is 17.0 Å². The zero-order valence-electron chi connectivity index (χ0n) is 14.1. The predicted molar refractivity (Wildman–Crippen MR) is 84.6 cm³/mol. The smallest absolute Gasteiger partial charge is 0.387 e. The van der Waals surface area contributed by atoms with E-state index in [1.54, 1.807) is 0 Å². The number of nitrogens with two attached hydrogens (primary N) is 1. The second kappa shape index (κ2) is 7.14. The number of fused-ring (bicyclic) bond motifs is 1. The summed E-state index contributed by atoms with van der Waals surface area (Å²) >= 11 is 0. The number of ether oxygens (including phenoxy) is 1. The summed E-state index contributed by atoms with van der Waals surface area (Å²) in [4.78, 5) is 37.9. The normalized spacial score (nSPS) is 31.7. The first-order valence-electron chi connectivity index (χ1n) is 7.56. The molecular formula is C10H15N5O10P2. The number of nitrogen functional groups attached to an aromatic ring is 1. The summed E-state index contributed by atoms with van der Waals surface area (Å²) < 4.78 is 44.7. The number of nitrogens with zero attached hydrogens (tertiary/aromatic N) is 4. The van der Waals surface area contributed by atoms with Crippen LogP contribution in [0.1, 0.15) is 7.57 Å². The number of aliphatic hydroxyl groups is 2. The third-order valence-electron chi connectivity index (χ3n) is 3.44. The minimum atomic E-state index is -5.34. The quantitative estimate of drug-likeness (QED) is 0.280. The Balaban J connectivity index is 1.82. The lowest BCUT2D eigenvalue weighted by Crippen LogP contribution is -2.33. The van der Waals surface area contributed by atoms with Crippen LogP contribution in [-0.2, 0) is 22.7 Å². The minimum Gasteiger partial charge on any atom is -0.387 e. The Bertz CT molecular complexity index is 985. The molecule has 1 unspecified atom stereocenters. The van der Waals surface area contributed by atoms with Crippen LogP contribution in [0.4, 0.5) is 5.82 Å². The highest BCUT2D eigenvalue weighted by Gasteiger charge is 2.46. The van der Waals surface area contributed by atoms with Gasteiger partial charge < -0.3 is 35.4 Å². The molecule has 1 aliphatic rings. The van der Waals surface area contributed by atoms with Crippen LogP contribution in [0.15, 0.2) is 12.7 Å². The Labute approximate surface area is 151 Å². The fraction of sp³-hybridized carbons (Fsp3) is 0.500. The number of imidazole rings is 1. The molecule has 2 aromatic heterocycles. The first-order valence-corrected chi connectivity index (χ1v) is 10.1. The highest BCUT2D eigenvalue weighted by atomic mass is 31.3. The second-order valence-electron chi connectivity index (χ2n) is 5.31. The standard InChI is InChI=1S/C10H15N5O10P2/c11-8-5-9(13-2-12-8)15(3-14-5)10-7(17)6(16)4(24-10)1-23-27(21,22)25-26(18,19)20/h2-4,6-7,10,16-17H,1H2,(H,21,22)(H2,11,12,13)(H2,18,19,20)/t4-,6-,7-,10-/m1/s1/i10D. The van der Waals surface area contributed by atoms with Crippen molar-refractivity contribution in [2.24, 2.45) is 0 Å². The maximum Gasteiger partial charge on any atom is 0.481 e. The number of aromatic nitrogens is 4. The Morgan fingerprint density at radius 3 is 2.63 bits per heavy atom. The van der Waals surface area contributed by atoms with E-state index in [4.69, 9.17) is 21.6 Å². The molecule has 0 amide bonds. The second-order valence-corrected chi connectivity index (χ2v) is 8.14. The number of rotatable bonds is 6. The van der Waals surface area contributed by atoms with E-state index in [0.29, 0.717) is 0 Å². The summed E-state index contributed by atoms with van der Waals surface area (Å²) in [5, 5.41) is 20.4. The van der Waals surface area contributed by atoms with Crippen LogP contribution in [0, 0.1) is 0 Å². The molecule has 5 atom stereocenters. The van der Waals surface area contributed by atoms with E-state index < -0.39 is 46.8 Å². The van der Waals surface area contributed by atoms with E-state index in [9.17, 15) is 24.2 Å². The molecule has 1 aliphatic heterocycles. The Hall–Kier alpha value is -1.51. The molecule has 15 nitrogen and oxygen atoms in total. The van der Waals surface area contributed by atoms with Gasteiger partial charge in [0.2, 0.25) is 0 Å². The summed E-state index contributed by atoms with van der Waals surface area (Å²) in [6.45, 7) is -0.948. The molecule has 0 radical (unpaired) electrons. The van der Waals surface area contributed by atoms with Gasteiger partial charge in [0.15, 0.2) is 17.7 Å². The van der Waals surface area contributed by atoms with Crippen LogP contribution in [0.3, 0.4) is 0 Å². The molecule has 3 rings (SSSR count).